The average Bonchev–Trinajstić information content (AvgIpc) is 3.65. The summed E-state index contributed by atoms with van der Waals surface area (Å²) in [6.45, 7) is 0.629. The number of nitrogens with one attached hydrogen (secondary N) is 3. The van der Waals surface area contributed by atoms with Crippen molar-refractivity contribution < 1.29 is 9.59 Å². The Morgan fingerprint density at radius 3 is 2.56 bits per heavy atom. The van der Waals surface area contributed by atoms with Crippen LogP contribution in [0.25, 0.3) is 16.9 Å². The molecule has 2 aromatic carbocycles. The molecular formula is C27H25ClN6O2. The number of hydrogen-bond acceptors (Lipinski definition) is 5. The van der Waals surface area contributed by atoms with Crippen molar-refractivity contribution in [2.75, 3.05) is 24.2 Å². The van der Waals surface area contributed by atoms with Crippen molar-refractivity contribution in [3.63, 3.8) is 0 Å². The number of para-hydroxylation sites is 1. The lowest BCUT2D eigenvalue weighted by Crippen LogP contribution is -2.26. The number of hydrogen-bond donors (Lipinski definition) is 3. The lowest BCUT2D eigenvalue weighted by Gasteiger charge is -2.11. The van der Waals surface area contributed by atoms with E-state index in [1.54, 1.807) is 29.9 Å². The van der Waals surface area contributed by atoms with E-state index >= 15 is 0 Å². The summed E-state index contributed by atoms with van der Waals surface area (Å²) in [6, 6.07) is 21.7. The summed E-state index contributed by atoms with van der Waals surface area (Å²) in [5.74, 6) is 0.922. The third-order valence-corrected chi connectivity index (χ3v) is 6.27. The van der Waals surface area contributed by atoms with Gasteiger partial charge in [-0.3, -0.25) is 9.59 Å². The Balaban J connectivity index is 1.44. The van der Waals surface area contributed by atoms with Crippen molar-refractivity contribution in [2.45, 2.75) is 12.8 Å². The van der Waals surface area contributed by atoms with Gasteiger partial charge in [-0.25, -0.2) is 9.67 Å². The first-order chi connectivity index (χ1) is 17.5. The van der Waals surface area contributed by atoms with Crippen LogP contribution in [0.4, 0.5) is 11.6 Å². The van der Waals surface area contributed by atoms with Crippen LogP contribution in [-0.4, -0.2) is 40.2 Å². The molecule has 8 nitrogen and oxygen atoms in total. The Bertz CT molecular complexity index is 1420. The second kappa shape index (κ2) is 10.2. The van der Waals surface area contributed by atoms with E-state index < -0.39 is 5.91 Å². The molecule has 1 aliphatic rings. The van der Waals surface area contributed by atoms with Crippen molar-refractivity contribution in [1.82, 2.24) is 20.1 Å². The van der Waals surface area contributed by atoms with Crippen LogP contribution < -0.4 is 16.0 Å². The van der Waals surface area contributed by atoms with Gasteiger partial charge in [0.2, 0.25) is 0 Å². The number of carbonyl (C=O) groups excluding carboxylic acids is 2. The summed E-state index contributed by atoms with van der Waals surface area (Å²) in [4.78, 5) is 30.6. The summed E-state index contributed by atoms with van der Waals surface area (Å²) in [5.41, 5.74) is 2.67. The third-order valence-electron chi connectivity index (χ3n) is 5.94. The van der Waals surface area contributed by atoms with E-state index in [4.69, 9.17) is 11.6 Å². The van der Waals surface area contributed by atoms with Crippen LogP contribution in [0.15, 0.2) is 72.8 Å². The third kappa shape index (κ3) is 5.23. The number of nitrogens with zero attached hydrogens (tertiary/aromatic N) is 3. The molecule has 0 aliphatic heterocycles. The first kappa shape index (κ1) is 23.6. The van der Waals surface area contributed by atoms with Crippen LogP contribution in [0.3, 0.4) is 0 Å². The highest BCUT2D eigenvalue weighted by Crippen LogP contribution is 2.28. The van der Waals surface area contributed by atoms with E-state index in [1.165, 1.54) is 0 Å². The number of benzene rings is 2. The average molecular weight is 501 g/mol. The van der Waals surface area contributed by atoms with E-state index in [0.717, 1.165) is 18.4 Å². The van der Waals surface area contributed by atoms with Crippen LogP contribution in [0, 0.1) is 5.92 Å². The fourth-order valence-corrected chi connectivity index (χ4v) is 3.98. The molecule has 0 radical (unpaired) electrons. The molecule has 0 atom stereocenters. The van der Waals surface area contributed by atoms with Gasteiger partial charge in [-0.05, 0) is 55.2 Å². The molecule has 9 heteroatoms. The van der Waals surface area contributed by atoms with Crippen LogP contribution in [0.1, 0.15) is 33.7 Å². The van der Waals surface area contributed by atoms with Crippen LogP contribution >= 0.6 is 11.6 Å². The molecule has 0 saturated heterocycles. The Morgan fingerprint density at radius 1 is 1.00 bits per heavy atom. The number of carbonyl (C=O) groups is 2. The summed E-state index contributed by atoms with van der Waals surface area (Å²) >= 11 is 6.41. The van der Waals surface area contributed by atoms with Crippen molar-refractivity contribution in [3.8, 4) is 16.9 Å². The monoisotopic (exact) mass is 500 g/mol. The normalized spacial score (nSPS) is 12.7. The minimum atomic E-state index is -0.423. The highest BCUT2D eigenvalue weighted by molar-refractivity contribution is 6.34. The van der Waals surface area contributed by atoms with Gasteiger partial charge in [0.25, 0.3) is 11.8 Å². The zero-order valence-corrected chi connectivity index (χ0v) is 20.4. The molecule has 0 spiro atoms. The quantitative estimate of drug-likeness (QED) is 0.315. The van der Waals surface area contributed by atoms with Crippen molar-refractivity contribution >= 4 is 35.1 Å². The van der Waals surface area contributed by atoms with Gasteiger partial charge in [0.05, 0.1) is 22.0 Å². The van der Waals surface area contributed by atoms with Gasteiger partial charge in [0.15, 0.2) is 5.69 Å². The fraction of sp³-hybridized carbons (Fsp3) is 0.185. The van der Waals surface area contributed by atoms with E-state index in [1.807, 2.05) is 54.6 Å². The van der Waals surface area contributed by atoms with E-state index in [-0.39, 0.29) is 17.2 Å². The predicted molar refractivity (Wildman–Crippen MR) is 141 cm³/mol. The molecule has 3 N–H and O–H groups in total. The minimum absolute atomic E-state index is 0.225. The SMILES string of the molecule is CNc1cccc(-c2ccc(Cl)c(C(=O)Nc3cc(C(=O)NCC4CC4)nn3-c3ccccc3)c2)n1. The van der Waals surface area contributed by atoms with Crippen LogP contribution in [-0.2, 0) is 0 Å². The molecule has 2 amide bonds. The highest BCUT2D eigenvalue weighted by Gasteiger charge is 2.24. The summed E-state index contributed by atoms with van der Waals surface area (Å²) < 4.78 is 1.54. The zero-order valence-electron chi connectivity index (χ0n) is 19.7. The van der Waals surface area contributed by atoms with Crippen LogP contribution in [0.5, 0.6) is 0 Å². The predicted octanol–water partition coefficient (Wildman–Crippen LogP) is 5.02. The molecule has 0 bridgehead atoms. The molecule has 1 aliphatic carbocycles. The van der Waals surface area contributed by atoms with Crippen molar-refractivity contribution in [2.24, 2.45) is 5.92 Å². The molecule has 4 aromatic rings. The number of pyridine rings is 1. The highest BCUT2D eigenvalue weighted by atomic mass is 35.5. The van der Waals surface area contributed by atoms with Gasteiger partial charge < -0.3 is 16.0 Å². The Kier molecular flexibility index (Phi) is 6.69. The Labute approximate surface area is 213 Å². The molecule has 2 aromatic heterocycles. The zero-order chi connectivity index (χ0) is 25.1. The second-order valence-electron chi connectivity index (χ2n) is 8.62. The topological polar surface area (TPSA) is 101 Å². The molecule has 36 heavy (non-hydrogen) atoms. The maximum absolute atomic E-state index is 13.4. The first-order valence-corrected chi connectivity index (χ1v) is 12.1. The lowest BCUT2D eigenvalue weighted by molar-refractivity contribution is 0.0945. The van der Waals surface area contributed by atoms with Gasteiger partial charge in [-0.1, -0.05) is 41.9 Å². The molecule has 0 unspecified atom stereocenters. The van der Waals surface area contributed by atoms with Gasteiger partial charge in [0, 0.05) is 25.2 Å². The molecule has 5 rings (SSSR count). The molecule has 1 saturated carbocycles. The van der Waals surface area contributed by atoms with E-state index in [9.17, 15) is 9.59 Å². The molecule has 1 fully saturated rings. The smallest absolute Gasteiger partial charge is 0.271 e. The fourth-order valence-electron chi connectivity index (χ4n) is 3.77. The van der Waals surface area contributed by atoms with Gasteiger partial charge in [0.1, 0.15) is 11.6 Å². The van der Waals surface area contributed by atoms with E-state index in [2.05, 4.69) is 26.0 Å². The number of rotatable bonds is 8. The molecule has 182 valence electrons. The minimum Gasteiger partial charge on any atom is -0.373 e. The number of aromatic nitrogens is 3. The summed E-state index contributed by atoms with van der Waals surface area (Å²) in [5, 5.41) is 13.6. The second-order valence-corrected chi connectivity index (χ2v) is 9.03. The van der Waals surface area contributed by atoms with Gasteiger partial charge in [-0.2, -0.15) is 5.10 Å². The molecular weight excluding hydrogens is 476 g/mol. The maximum atomic E-state index is 13.4. The standard InChI is InChI=1S/C27H25ClN6O2/c1-29-24-9-5-8-22(31-24)18-12-13-21(28)20(14-18)26(35)32-25-15-23(27(36)30-16-17-10-11-17)33-34(25)19-6-3-2-4-7-19/h2-9,12-15,17H,10-11,16H2,1H3,(H,29,31)(H,30,36)(H,32,35). The summed E-state index contributed by atoms with van der Waals surface area (Å²) in [7, 11) is 1.79. The molecule has 2 heterocycles. The number of amides is 2. The Hall–Kier alpha value is -4.17. The summed E-state index contributed by atoms with van der Waals surface area (Å²) in [6.07, 6.45) is 2.27. The van der Waals surface area contributed by atoms with Gasteiger partial charge in [-0.15, -0.1) is 0 Å². The van der Waals surface area contributed by atoms with Gasteiger partial charge >= 0.3 is 0 Å². The Morgan fingerprint density at radius 2 is 1.81 bits per heavy atom. The maximum Gasteiger partial charge on any atom is 0.271 e. The van der Waals surface area contributed by atoms with Crippen LogP contribution in [0.2, 0.25) is 5.02 Å². The number of anilines is 2. The van der Waals surface area contributed by atoms with E-state index in [0.29, 0.717) is 40.5 Å². The largest absolute Gasteiger partial charge is 0.373 e. The lowest BCUT2D eigenvalue weighted by atomic mass is 10.1. The van der Waals surface area contributed by atoms with Crippen molar-refractivity contribution in [1.29, 1.82) is 0 Å². The van der Waals surface area contributed by atoms with Crippen molar-refractivity contribution in [3.05, 3.63) is 89.1 Å². The first-order valence-electron chi connectivity index (χ1n) is 11.7. The number of halogens is 1.